The van der Waals surface area contributed by atoms with Crippen LogP contribution in [0, 0.1) is 64.1 Å². The van der Waals surface area contributed by atoms with Gasteiger partial charge in [0.25, 0.3) is 0 Å². The number of allylic oxidation sites excluding steroid dienone is 5. The molecular formula is C46H84O. The third-order valence-corrected chi connectivity index (χ3v) is 13.8. The van der Waals surface area contributed by atoms with Crippen molar-refractivity contribution in [1.29, 1.82) is 0 Å². The van der Waals surface area contributed by atoms with E-state index < -0.39 is 0 Å². The number of hydrogen-bond acceptors (Lipinski definition) is 1. The largest absolute Gasteiger partial charge is 0.393 e. The van der Waals surface area contributed by atoms with Crippen LogP contribution in [0.4, 0.5) is 0 Å². The van der Waals surface area contributed by atoms with Crippen LogP contribution in [0.1, 0.15) is 188 Å². The fourth-order valence-corrected chi connectivity index (χ4v) is 10.7. The summed E-state index contributed by atoms with van der Waals surface area (Å²) in [4.78, 5) is 0. The average molecular weight is 653 g/mol. The first-order valence-corrected chi connectivity index (χ1v) is 20.4. The molecule has 0 fully saturated rings. The fourth-order valence-electron chi connectivity index (χ4n) is 10.7. The maximum absolute atomic E-state index is 10.4. The molecule has 0 aliphatic heterocycles. The standard InChI is InChI=1S/C46H84O/c1-30(19-17-20-33(4)44-34(5)21-18-22-45(44,13)14)23-31(2)24-32(3)25-35(6)40(11)36(7)26-37(8)41(12)38(9)28-43-39(10)27-42(47)29-46(43,15)16/h24,30,32-33,35-38,40-42,47H,17-23,25-29H2,1-16H3/b31-24+. The molecule has 47 heavy (non-hydrogen) atoms. The maximum atomic E-state index is 10.4. The van der Waals surface area contributed by atoms with Gasteiger partial charge in [-0.25, -0.2) is 0 Å². The second kappa shape index (κ2) is 18.4. The Hall–Kier alpha value is -0.820. The summed E-state index contributed by atoms with van der Waals surface area (Å²) < 4.78 is 0. The van der Waals surface area contributed by atoms with Crippen molar-refractivity contribution in [3.05, 3.63) is 33.9 Å². The van der Waals surface area contributed by atoms with Crippen LogP contribution < -0.4 is 0 Å². The molecule has 0 amide bonds. The van der Waals surface area contributed by atoms with Gasteiger partial charge in [-0.15, -0.1) is 0 Å². The molecule has 0 bridgehead atoms. The normalized spacial score (nSPS) is 26.3. The summed E-state index contributed by atoms with van der Waals surface area (Å²) in [6.07, 6.45) is 17.4. The zero-order chi connectivity index (χ0) is 35.9. The van der Waals surface area contributed by atoms with E-state index in [2.05, 4.69) is 117 Å². The van der Waals surface area contributed by atoms with E-state index >= 15 is 0 Å². The highest BCUT2D eigenvalue weighted by atomic mass is 16.3. The second-order valence-corrected chi connectivity index (χ2v) is 19.6. The monoisotopic (exact) mass is 653 g/mol. The van der Waals surface area contributed by atoms with Crippen LogP contribution in [-0.4, -0.2) is 11.2 Å². The molecule has 0 radical (unpaired) electrons. The van der Waals surface area contributed by atoms with E-state index in [1.807, 2.05) is 0 Å². The Morgan fingerprint density at radius 2 is 1.36 bits per heavy atom. The number of hydrogen-bond donors (Lipinski definition) is 1. The smallest absolute Gasteiger partial charge is 0.0585 e. The second-order valence-electron chi connectivity index (χ2n) is 19.6. The topological polar surface area (TPSA) is 20.2 Å². The summed E-state index contributed by atoms with van der Waals surface area (Å²) in [5, 5.41) is 10.4. The molecule has 0 aromatic rings. The van der Waals surface area contributed by atoms with Crippen molar-refractivity contribution in [1.82, 2.24) is 0 Å². The molecule has 10 unspecified atom stereocenters. The van der Waals surface area contributed by atoms with Crippen molar-refractivity contribution in [3.63, 3.8) is 0 Å². The molecule has 0 aromatic carbocycles. The lowest BCUT2D eigenvalue weighted by molar-refractivity contribution is 0.109. The lowest BCUT2D eigenvalue weighted by atomic mass is 9.66. The maximum Gasteiger partial charge on any atom is 0.0585 e. The first-order valence-electron chi connectivity index (χ1n) is 20.4. The molecule has 1 nitrogen and oxygen atoms in total. The molecule has 0 saturated carbocycles. The summed E-state index contributed by atoms with van der Waals surface area (Å²) in [5.41, 5.74) is 8.68. The Morgan fingerprint density at radius 3 is 1.94 bits per heavy atom. The fraction of sp³-hybridized carbons (Fsp3) is 0.870. The minimum Gasteiger partial charge on any atom is -0.393 e. The zero-order valence-corrected chi connectivity index (χ0v) is 34.8. The summed E-state index contributed by atoms with van der Waals surface area (Å²) >= 11 is 0. The summed E-state index contributed by atoms with van der Waals surface area (Å²) in [5.74, 6) is 6.51. The Balaban J connectivity index is 1.80. The molecule has 0 spiro atoms. The number of aliphatic hydroxyl groups excluding tert-OH is 1. The molecule has 0 saturated heterocycles. The van der Waals surface area contributed by atoms with Crippen molar-refractivity contribution < 1.29 is 5.11 Å². The highest BCUT2D eigenvalue weighted by Gasteiger charge is 2.35. The minimum atomic E-state index is -0.166. The minimum absolute atomic E-state index is 0.125. The quantitative estimate of drug-likeness (QED) is 0.146. The van der Waals surface area contributed by atoms with Gasteiger partial charge in [0, 0.05) is 0 Å². The summed E-state index contributed by atoms with van der Waals surface area (Å²) in [6.45, 7) is 39.2. The summed E-state index contributed by atoms with van der Waals surface area (Å²) in [7, 11) is 0. The molecule has 0 aromatic heterocycles. The number of aliphatic hydroxyl groups is 1. The molecule has 0 heterocycles. The van der Waals surface area contributed by atoms with Crippen LogP contribution in [0.3, 0.4) is 0 Å². The van der Waals surface area contributed by atoms with Crippen LogP contribution in [0.15, 0.2) is 33.9 Å². The van der Waals surface area contributed by atoms with Gasteiger partial charge in [-0.2, -0.15) is 0 Å². The van der Waals surface area contributed by atoms with E-state index in [4.69, 9.17) is 0 Å². The highest BCUT2D eigenvalue weighted by Crippen LogP contribution is 2.46. The average Bonchev–Trinajstić information content (AvgIpc) is 2.92. The highest BCUT2D eigenvalue weighted by molar-refractivity contribution is 5.25. The lowest BCUT2D eigenvalue weighted by Gasteiger charge is -2.40. The molecule has 274 valence electrons. The van der Waals surface area contributed by atoms with Crippen LogP contribution in [-0.2, 0) is 0 Å². The predicted octanol–water partition coefficient (Wildman–Crippen LogP) is 14.4. The van der Waals surface area contributed by atoms with Crippen LogP contribution in [0.25, 0.3) is 0 Å². The molecule has 10 atom stereocenters. The third-order valence-electron chi connectivity index (χ3n) is 13.8. The SMILES string of the molecule is CC1=C(CC(C)C(C)C(C)CC(C)C(C)C(C)CC(C)/C=C(\C)CC(C)CCCC(C)C2=C(C)CCCC2(C)C)C(C)(C)CC(O)C1. The van der Waals surface area contributed by atoms with Crippen LogP contribution >= 0.6 is 0 Å². The van der Waals surface area contributed by atoms with E-state index in [9.17, 15) is 5.11 Å². The van der Waals surface area contributed by atoms with Gasteiger partial charge in [-0.05, 0) is 149 Å². The third kappa shape index (κ3) is 12.8. The van der Waals surface area contributed by atoms with Crippen molar-refractivity contribution in [2.45, 2.75) is 194 Å². The first-order chi connectivity index (χ1) is 21.7. The summed E-state index contributed by atoms with van der Waals surface area (Å²) in [6, 6.07) is 0. The Kier molecular flexibility index (Phi) is 16.6. The van der Waals surface area contributed by atoms with Gasteiger partial charge in [0.1, 0.15) is 0 Å². The van der Waals surface area contributed by atoms with Crippen molar-refractivity contribution in [2.24, 2.45) is 64.1 Å². The molecule has 1 heteroatoms. The Bertz CT molecular complexity index is 1050. The molecule has 2 aliphatic rings. The molecule has 2 aliphatic carbocycles. The van der Waals surface area contributed by atoms with Gasteiger partial charge in [-0.3, -0.25) is 0 Å². The van der Waals surface area contributed by atoms with Gasteiger partial charge in [0.15, 0.2) is 0 Å². The van der Waals surface area contributed by atoms with Gasteiger partial charge in [0.05, 0.1) is 6.10 Å². The molecular weight excluding hydrogens is 569 g/mol. The van der Waals surface area contributed by atoms with Gasteiger partial charge < -0.3 is 5.11 Å². The van der Waals surface area contributed by atoms with E-state index in [-0.39, 0.29) is 11.5 Å². The van der Waals surface area contributed by atoms with E-state index in [0.29, 0.717) is 23.2 Å². The first kappa shape index (κ1) is 42.3. The van der Waals surface area contributed by atoms with Crippen LogP contribution in [0.2, 0.25) is 0 Å². The van der Waals surface area contributed by atoms with Crippen LogP contribution in [0.5, 0.6) is 0 Å². The Labute approximate surface area is 296 Å². The van der Waals surface area contributed by atoms with Gasteiger partial charge in [0.2, 0.25) is 0 Å². The van der Waals surface area contributed by atoms with Crippen molar-refractivity contribution >= 4 is 0 Å². The van der Waals surface area contributed by atoms with Gasteiger partial charge in [-0.1, -0.05) is 137 Å². The van der Waals surface area contributed by atoms with E-state index in [1.54, 1.807) is 22.3 Å². The van der Waals surface area contributed by atoms with Crippen molar-refractivity contribution in [3.8, 4) is 0 Å². The van der Waals surface area contributed by atoms with E-state index in [1.165, 1.54) is 69.8 Å². The number of rotatable bonds is 18. The van der Waals surface area contributed by atoms with Crippen molar-refractivity contribution in [2.75, 3.05) is 0 Å². The predicted molar refractivity (Wildman–Crippen MR) is 211 cm³/mol. The Morgan fingerprint density at radius 1 is 0.787 bits per heavy atom. The lowest BCUT2D eigenvalue weighted by Crippen LogP contribution is -2.31. The van der Waals surface area contributed by atoms with E-state index in [0.717, 1.165) is 48.3 Å². The zero-order valence-electron chi connectivity index (χ0n) is 34.8. The van der Waals surface area contributed by atoms with Gasteiger partial charge >= 0.3 is 0 Å². The molecule has 1 N–H and O–H groups in total. The molecule has 2 rings (SSSR count).